The molecular weight excluding hydrogens is 276 g/mol. The minimum atomic E-state index is 0.413. The number of nitrogens with zero attached hydrogens (tertiary/aromatic N) is 1. The van der Waals surface area contributed by atoms with Crippen molar-refractivity contribution in [3.05, 3.63) is 21.3 Å². The molecule has 0 spiro atoms. The molecule has 1 N–H and O–H groups in total. The first-order chi connectivity index (χ1) is 9.19. The summed E-state index contributed by atoms with van der Waals surface area (Å²) in [6, 6.07) is 3.16. The highest BCUT2D eigenvalue weighted by Crippen LogP contribution is 2.25. The predicted molar refractivity (Wildman–Crippen MR) is 85.2 cm³/mol. The Hall–Kier alpha value is -0.0900. The number of hydrogen-bond acceptors (Lipinski definition) is 3. The van der Waals surface area contributed by atoms with Crippen LogP contribution in [0.3, 0.4) is 0 Å². The molecule has 19 heavy (non-hydrogen) atoms. The average Bonchev–Trinajstić information content (AvgIpc) is 2.85. The molecule has 1 aromatic heterocycles. The van der Waals surface area contributed by atoms with E-state index in [1.54, 1.807) is 11.3 Å². The molecule has 2 heterocycles. The van der Waals surface area contributed by atoms with E-state index in [0.29, 0.717) is 12.1 Å². The lowest BCUT2D eigenvalue weighted by Gasteiger charge is -2.33. The van der Waals surface area contributed by atoms with Crippen LogP contribution in [0.1, 0.15) is 51.1 Å². The van der Waals surface area contributed by atoms with Gasteiger partial charge in [-0.05, 0) is 62.8 Å². The minimum absolute atomic E-state index is 0.413. The molecule has 4 heteroatoms. The van der Waals surface area contributed by atoms with Crippen molar-refractivity contribution in [1.29, 1.82) is 0 Å². The summed E-state index contributed by atoms with van der Waals surface area (Å²) in [6.45, 7) is 8.27. The SMILES string of the molecule is CCCCN1CCC(NC(C)c2csc(Cl)c2)CC1. The summed E-state index contributed by atoms with van der Waals surface area (Å²) in [5, 5.41) is 5.91. The average molecular weight is 301 g/mol. The Morgan fingerprint density at radius 3 is 2.79 bits per heavy atom. The first-order valence-corrected chi connectivity index (χ1v) is 8.67. The third-order valence-electron chi connectivity index (χ3n) is 3.99. The molecule has 2 rings (SSSR count). The molecule has 1 aliphatic rings. The summed E-state index contributed by atoms with van der Waals surface area (Å²) in [5.74, 6) is 0. The highest BCUT2D eigenvalue weighted by molar-refractivity contribution is 7.14. The summed E-state index contributed by atoms with van der Waals surface area (Å²) >= 11 is 7.62. The van der Waals surface area contributed by atoms with Crippen molar-refractivity contribution in [1.82, 2.24) is 10.2 Å². The van der Waals surface area contributed by atoms with Crippen LogP contribution in [0.4, 0.5) is 0 Å². The molecule has 1 saturated heterocycles. The Morgan fingerprint density at radius 2 is 2.21 bits per heavy atom. The van der Waals surface area contributed by atoms with Gasteiger partial charge in [0.1, 0.15) is 0 Å². The van der Waals surface area contributed by atoms with Crippen LogP contribution < -0.4 is 5.32 Å². The van der Waals surface area contributed by atoms with E-state index in [2.05, 4.69) is 35.5 Å². The van der Waals surface area contributed by atoms with Gasteiger partial charge in [0.2, 0.25) is 0 Å². The zero-order valence-corrected chi connectivity index (χ0v) is 13.6. The van der Waals surface area contributed by atoms with Crippen LogP contribution in [-0.2, 0) is 0 Å². The van der Waals surface area contributed by atoms with E-state index in [1.807, 2.05) is 0 Å². The highest BCUT2D eigenvalue weighted by Gasteiger charge is 2.20. The second kappa shape index (κ2) is 7.63. The number of rotatable bonds is 6. The van der Waals surface area contributed by atoms with Crippen LogP contribution in [0.2, 0.25) is 4.34 Å². The van der Waals surface area contributed by atoms with Gasteiger partial charge in [0.25, 0.3) is 0 Å². The number of halogens is 1. The van der Waals surface area contributed by atoms with Gasteiger partial charge >= 0.3 is 0 Å². The maximum absolute atomic E-state index is 6.00. The van der Waals surface area contributed by atoms with Crippen molar-refractivity contribution in [3.63, 3.8) is 0 Å². The van der Waals surface area contributed by atoms with Crippen molar-refractivity contribution in [2.24, 2.45) is 0 Å². The molecule has 1 aliphatic heterocycles. The Balaban J connectivity index is 1.73. The molecule has 108 valence electrons. The Labute approximate surface area is 126 Å². The molecule has 0 aliphatic carbocycles. The summed E-state index contributed by atoms with van der Waals surface area (Å²) in [6.07, 6.45) is 5.17. The quantitative estimate of drug-likeness (QED) is 0.842. The lowest BCUT2D eigenvalue weighted by Crippen LogP contribution is -2.43. The van der Waals surface area contributed by atoms with E-state index in [-0.39, 0.29) is 0 Å². The molecule has 0 saturated carbocycles. The molecule has 0 bridgehead atoms. The van der Waals surface area contributed by atoms with E-state index in [1.165, 1.54) is 50.9 Å². The Bertz CT molecular complexity index is 372. The molecule has 1 unspecified atom stereocenters. The van der Waals surface area contributed by atoms with E-state index < -0.39 is 0 Å². The van der Waals surface area contributed by atoms with Gasteiger partial charge in [0.15, 0.2) is 0 Å². The van der Waals surface area contributed by atoms with E-state index in [0.717, 1.165) is 4.34 Å². The van der Waals surface area contributed by atoms with Crippen LogP contribution in [-0.4, -0.2) is 30.6 Å². The molecule has 1 fully saturated rings. The largest absolute Gasteiger partial charge is 0.307 e. The summed E-state index contributed by atoms with van der Waals surface area (Å²) in [5.41, 5.74) is 1.32. The van der Waals surface area contributed by atoms with Crippen molar-refractivity contribution in [3.8, 4) is 0 Å². The maximum atomic E-state index is 6.00. The number of hydrogen-bond donors (Lipinski definition) is 1. The highest BCUT2D eigenvalue weighted by atomic mass is 35.5. The molecule has 2 nitrogen and oxygen atoms in total. The maximum Gasteiger partial charge on any atom is 0.0931 e. The van der Waals surface area contributed by atoms with Gasteiger partial charge in [-0.1, -0.05) is 24.9 Å². The lowest BCUT2D eigenvalue weighted by molar-refractivity contribution is 0.190. The molecule has 1 atom stereocenters. The molecule has 1 aromatic rings. The van der Waals surface area contributed by atoms with Gasteiger partial charge in [0.05, 0.1) is 4.34 Å². The number of likely N-dealkylation sites (tertiary alicyclic amines) is 1. The first kappa shape index (κ1) is 15.3. The Kier molecular flexibility index (Phi) is 6.14. The van der Waals surface area contributed by atoms with Gasteiger partial charge in [-0.15, -0.1) is 11.3 Å². The van der Waals surface area contributed by atoms with Crippen LogP contribution in [0.25, 0.3) is 0 Å². The predicted octanol–water partition coefficient (Wildman–Crippen LogP) is 4.32. The van der Waals surface area contributed by atoms with Crippen molar-refractivity contribution < 1.29 is 0 Å². The summed E-state index contributed by atoms with van der Waals surface area (Å²) in [7, 11) is 0. The third kappa shape index (κ3) is 4.75. The number of unbranched alkanes of at least 4 members (excludes halogenated alkanes) is 1. The standard InChI is InChI=1S/C15H25ClN2S/c1-3-4-7-18-8-5-14(6-9-18)17-12(2)13-10-15(16)19-11-13/h10-12,14,17H,3-9H2,1-2H3. The van der Waals surface area contributed by atoms with E-state index in [9.17, 15) is 0 Å². The number of nitrogens with one attached hydrogen (secondary N) is 1. The van der Waals surface area contributed by atoms with Crippen molar-refractivity contribution >= 4 is 22.9 Å². The normalized spacial score (nSPS) is 19.7. The third-order valence-corrected chi connectivity index (χ3v) is 5.10. The molecule has 0 radical (unpaired) electrons. The van der Waals surface area contributed by atoms with Crippen LogP contribution in [0.5, 0.6) is 0 Å². The summed E-state index contributed by atoms with van der Waals surface area (Å²) in [4.78, 5) is 2.60. The second-order valence-corrected chi connectivity index (χ2v) is 7.08. The smallest absolute Gasteiger partial charge is 0.0931 e. The fraction of sp³-hybridized carbons (Fsp3) is 0.733. The number of thiophene rings is 1. The molecule has 0 amide bonds. The second-order valence-electron chi connectivity index (χ2n) is 5.54. The lowest BCUT2D eigenvalue weighted by atomic mass is 10.0. The van der Waals surface area contributed by atoms with Gasteiger partial charge in [-0.2, -0.15) is 0 Å². The zero-order chi connectivity index (χ0) is 13.7. The van der Waals surface area contributed by atoms with E-state index >= 15 is 0 Å². The van der Waals surface area contributed by atoms with Gasteiger partial charge in [0, 0.05) is 12.1 Å². The molecule has 0 aromatic carbocycles. The fourth-order valence-electron chi connectivity index (χ4n) is 2.71. The van der Waals surface area contributed by atoms with E-state index in [4.69, 9.17) is 11.6 Å². The topological polar surface area (TPSA) is 15.3 Å². The molecular formula is C15H25ClN2S. The monoisotopic (exact) mass is 300 g/mol. The van der Waals surface area contributed by atoms with Gasteiger partial charge in [-0.3, -0.25) is 0 Å². The first-order valence-electron chi connectivity index (χ1n) is 7.41. The van der Waals surface area contributed by atoms with Crippen LogP contribution in [0, 0.1) is 0 Å². The number of piperidine rings is 1. The Morgan fingerprint density at radius 1 is 1.47 bits per heavy atom. The fourth-order valence-corrected chi connectivity index (χ4v) is 3.69. The van der Waals surface area contributed by atoms with Crippen LogP contribution >= 0.6 is 22.9 Å². The van der Waals surface area contributed by atoms with Crippen LogP contribution in [0.15, 0.2) is 11.4 Å². The van der Waals surface area contributed by atoms with Gasteiger partial charge in [-0.25, -0.2) is 0 Å². The minimum Gasteiger partial charge on any atom is -0.307 e. The van der Waals surface area contributed by atoms with Gasteiger partial charge < -0.3 is 10.2 Å². The summed E-state index contributed by atoms with van der Waals surface area (Å²) < 4.78 is 0.887. The van der Waals surface area contributed by atoms with Crippen molar-refractivity contribution in [2.45, 2.75) is 51.6 Å². The zero-order valence-electron chi connectivity index (χ0n) is 12.0. The van der Waals surface area contributed by atoms with Crippen molar-refractivity contribution in [2.75, 3.05) is 19.6 Å².